The molecular weight excluding hydrogens is 350 g/mol. The molecule has 0 aliphatic carbocycles. The smallest absolute Gasteiger partial charge is 0.223 e. The van der Waals surface area contributed by atoms with E-state index in [1.54, 1.807) is 19.1 Å². The molecule has 1 unspecified atom stereocenters. The van der Waals surface area contributed by atoms with Gasteiger partial charge >= 0.3 is 0 Å². The van der Waals surface area contributed by atoms with Crippen molar-refractivity contribution in [2.24, 2.45) is 0 Å². The molecule has 0 aromatic heterocycles. The Morgan fingerprint density at radius 2 is 2.00 bits per heavy atom. The van der Waals surface area contributed by atoms with Gasteiger partial charge in [-0.15, -0.1) is 0 Å². The molecule has 0 saturated carbocycles. The van der Waals surface area contributed by atoms with Gasteiger partial charge in [0, 0.05) is 12.8 Å². The third kappa shape index (κ3) is 4.31. The average molecular weight is 373 g/mol. The van der Waals surface area contributed by atoms with Gasteiger partial charge in [0.1, 0.15) is 0 Å². The van der Waals surface area contributed by atoms with Gasteiger partial charge in [0.15, 0.2) is 9.84 Å². The van der Waals surface area contributed by atoms with Crippen LogP contribution in [-0.4, -0.2) is 27.2 Å². The molecule has 138 valence electrons. The third-order valence-electron chi connectivity index (χ3n) is 4.60. The van der Waals surface area contributed by atoms with E-state index in [4.69, 9.17) is 4.74 Å². The van der Waals surface area contributed by atoms with Crippen molar-refractivity contribution in [2.45, 2.75) is 37.3 Å². The van der Waals surface area contributed by atoms with Crippen LogP contribution in [0.5, 0.6) is 0 Å². The maximum atomic E-state index is 12.3. The fraction of sp³-hybridized carbons (Fsp3) is 0.350. The summed E-state index contributed by atoms with van der Waals surface area (Å²) >= 11 is 0. The maximum Gasteiger partial charge on any atom is 0.223 e. The lowest BCUT2D eigenvalue weighted by Gasteiger charge is -2.25. The SMILES string of the molecule is Cc1ccc(CNC(=O)CC2OCCc3ccccc32)cc1S(C)(=O)=O. The van der Waals surface area contributed by atoms with E-state index in [2.05, 4.69) is 11.4 Å². The number of hydrogen-bond acceptors (Lipinski definition) is 4. The van der Waals surface area contributed by atoms with Crippen molar-refractivity contribution in [3.8, 4) is 0 Å². The summed E-state index contributed by atoms with van der Waals surface area (Å²) in [5.74, 6) is -0.117. The summed E-state index contributed by atoms with van der Waals surface area (Å²) in [5, 5.41) is 2.86. The van der Waals surface area contributed by atoms with E-state index in [0.717, 1.165) is 17.5 Å². The molecule has 1 aliphatic rings. The van der Waals surface area contributed by atoms with Crippen LogP contribution in [0.15, 0.2) is 47.4 Å². The van der Waals surface area contributed by atoms with Crippen molar-refractivity contribution in [1.29, 1.82) is 0 Å². The Morgan fingerprint density at radius 1 is 1.23 bits per heavy atom. The van der Waals surface area contributed by atoms with Gasteiger partial charge in [-0.05, 0) is 41.7 Å². The number of hydrogen-bond donors (Lipinski definition) is 1. The zero-order valence-electron chi connectivity index (χ0n) is 15.0. The van der Waals surface area contributed by atoms with Crippen LogP contribution in [0.25, 0.3) is 0 Å². The molecule has 2 aromatic rings. The Morgan fingerprint density at radius 3 is 2.77 bits per heavy atom. The van der Waals surface area contributed by atoms with E-state index in [9.17, 15) is 13.2 Å². The molecule has 26 heavy (non-hydrogen) atoms. The Hall–Kier alpha value is -2.18. The summed E-state index contributed by atoms with van der Waals surface area (Å²) in [6, 6.07) is 13.2. The fourth-order valence-corrected chi connectivity index (χ4v) is 4.26. The summed E-state index contributed by atoms with van der Waals surface area (Å²) in [6.07, 6.45) is 2.08. The molecule has 6 heteroatoms. The van der Waals surface area contributed by atoms with Crippen molar-refractivity contribution in [3.05, 3.63) is 64.7 Å². The van der Waals surface area contributed by atoms with Crippen LogP contribution in [0, 0.1) is 6.92 Å². The lowest BCUT2D eigenvalue weighted by molar-refractivity contribution is -0.124. The fourth-order valence-electron chi connectivity index (χ4n) is 3.24. The predicted octanol–water partition coefficient (Wildman–Crippen LogP) is 2.72. The predicted molar refractivity (Wildman–Crippen MR) is 99.6 cm³/mol. The molecule has 1 N–H and O–H groups in total. The monoisotopic (exact) mass is 373 g/mol. The molecule has 5 nitrogen and oxygen atoms in total. The number of ether oxygens (including phenoxy) is 1. The van der Waals surface area contributed by atoms with Gasteiger partial charge < -0.3 is 10.1 Å². The quantitative estimate of drug-likeness (QED) is 0.875. The van der Waals surface area contributed by atoms with Crippen molar-refractivity contribution in [3.63, 3.8) is 0 Å². The Labute approximate surface area is 154 Å². The lowest BCUT2D eigenvalue weighted by atomic mass is 9.95. The zero-order chi connectivity index (χ0) is 18.7. The van der Waals surface area contributed by atoms with E-state index >= 15 is 0 Å². The molecule has 1 amide bonds. The molecule has 2 aromatic carbocycles. The minimum atomic E-state index is -3.28. The van der Waals surface area contributed by atoms with Crippen LogP contribution in [-0.2, 0) is 32.3 Å². The Balaban J connectivity index is 1.64. The number of amides is 1. The van der Waals surface area contributed by atoms with Crippen LogP contribution < -0.4 is 5.32 Å². The first-order valence-electron chi connectivity index (χ1n) is 8.60. The highest BCUT2D eigenvalue weighted by Gasteiger charge is 2.23. The molecule has 3 rings (SSSR count). The number of rotatable bonds is 5. The number of carbonyl (C=O) groups excluding carboxylic acids is 1. The second-order valence-electron chi connectivity index (χ2n) is 6.66. The van der Waals surface area contributed by atoms with Crippen LogP contribution in [0.1, 0.15) is 34.8 Å². The summed E-state index contributed by atoms with van der Waals surface area (Å²) in [6.45, 7) is 2.66. The van der Waals surface area contributed by atoms with Gasteiger partial charge in [-0.25, -0.2) is 8.42 Å². The largest absolute Gasteiger partial charge is 0.373 e. The van der Waals surface area contributed by atoms with Gasteiger partial charge in [0.2, 0.25) is 5.91 Å². The topological polar surface area (TPSA) is 72.5 Å². The normalized spacial score (nSPS) is 16.8. The van der Waals surface area contributed by atoms with Crippen molar-refractivity contribution >= 4 is 15.7 Å². The molecular formula is C20H23NO4S. The average Bonchev–Trinajstić information content (AvgIpc) is 2.60. The highest BCUT2D eigenvalue weighted by Crippen LogP contribution is 2.29. The third-order valence-corrected chi connectivity index (χ3v) is 5.84. The Kier molecular flexibility index (Phi) is 5.44. The first-order valence-corrected chi connectivity index (χ1v) is 10.5. The zero-order valence-corrected chi connectivity index (χ0v) is 15.8. The summed E-state index contributed by atoms with van der Waals surface area (Å²) in [5.41, 5.74) is 3.76. The standard InChI is InChI=1S/C20H23NO4S/c1-14-7-8-15(11-19(14)26(2,23)24)13-21-20(22)12-18-17-6-4-3-5-16(17)9-10-25-18/h3-8,11,18H,9-10,12-13H2,1-2H3,(H,21,22). The summed E-state index contributed by atoms with van der Waals surface area (Å²) in [4.78, 5) is 12.6. The summed E-state index contributed by atoms with van der Waals surface area (Å²) < 4.78 is 29.4. The maximum absolute atomic E-state index is 12.3. The van der Waals surface area contributed by atoms with Gasteiger partial charge in [-0.2, -0.15) is 0 Å². The first kappa shape index (κ1) is 18.6. The molecule has 0 fully saturated rings. The van der Waals surface area contributed by atoms with E-state index in [0.29, 0.717) is 17.1 Å². The van der Waals surface area contributed by atoms with E-state index in [1.807, 2.05) is 24.3 Å². The second kappa shape index (κ2) is 7.60. The molecule has 0 radical (unpaired) electrons. The number of sulfone groups is 1. The van der Waals surface area contributed by atoms with Crippen LogP contribution >= 0.6 is 0 Å². The molecule has 1 heterocycles. The highest BCUT2D eigenvalue weighted by atomic mass is 32.2. The first-order chi connectivity index (χ1) is 12.3. The van der Waals surface area contributed by atoms with Crippen molar-refractivity contribution in [1.82, 2.24) is 5.32 Å². The summed E-state index contributed by atoms with van der Waals surface area (Å²) in [7, 11) is -3.28. The Bertz CT molecular complexity index is 921. The molecule has 1 atom stereocenters. The van der Waals surface area contributed by atoms with Crippen molar-refractivity contribution in [2.75, 3.05) is 12.9 Å². The number of benzene rings is 2. The van der Waals surface area contributed by atoms with Gasteiger partial charge in [-0.1, -0.05) is 36.4 Å². The number of fused-ring (bicyclic) bond motifs is 1. The van der Waals surface area contributed by atoms with Crippen LogP contribution in [0.4, 0.5) is 0 Å². The van der Waals surface area contributed by atoms with Crippen LogP contribution in [0.3, 0.4) is 0 Å². The van der Waals surface area contributed by atoms with Crippen molar-refractivity contribution < 1.29 is 17.9 Å². The minimum Gasteiger partial charge on any atom is -0.373 e. The number of carbonyl (C=O) groups is 1. The second-order valence-corrected chi connectivity index (χ2v) is 8.65. The molecule has 0 saturated heterocycles. The van der Waals surface area contributed by atoms with Gasteiger partial charge in [0.25, 0.3) is 0 Å². The molecule has 0 bridgehead atoms. The van der Waals surface area contributed by atoms with E-state index in [1.165, 1.54) is 11.8 Å². The molecule has 1 aliphatic heterocycles. The lowest BCUT2D eigenvalue weighted by Crippen LogP contribution is -2.27. The molecule has 0 spiro atoms. The minimum absolute atomic E-state index is 0.117. The highest BCUT2D eigenvalue weighted by molar-refractivity contribution is 7.90. The number of aryl methyl sites for hydroxylation is 1. The van der Waals surface area contributed by atoms with Crippen LogP contribution in [0.2, 0.25) is 0 Å². The van der Waals surface area contributed by atoms with Gasteiger partial charge in [0.05, 0.1) is 24.0 Å². The van der Waals surface area contributed by atoms with E-state index < -0.39 is 9.84 Å². The number of nitrogens with one attached hydrogen (secondary N) is 1. The van der Waals surface area contributed by atoms with Gasteiger partial charge in [-0.3, -0.25) is 4.79 Å². The van der Waals surface area contributed by atoms with E-state index in [-0.39, 0.29) is 25.0 Å².